The molecule has 0 atom stereocenters. The maximum absolute atomic E-state index is 12.1. The Kier molecular flexibility index (Phi) is 3.20. The van der Waals surface area contributed by atoms with Crippen LogP contribution in [0, 0.1) is 0 Å². The molecule has 84 valence electrons. The number of rotatable bonds is 2. The number of pyridine rings is 1. The molecular formula is C10H6F3NS2. The average molecular weight is 261 g/mol. The smallest absolute Gasteiger partial charge is 0.255 e. The number of nitrogens with zero attached hydrogens (tertiary/aromatic N) is 1. The van der Waals surface area contributed by atoms with Gasteiger partial charge in [0.25, 0.3) is 0 Å². The van der Waals surface area contributed by atoms with E-state index in [1.807, 2.05) is 16.8 Å². The first-order valence-corrected chi connectivity index (χ1v) is 6.05. The van der Waals surface area contributed by atoms with Crippen molar-refractivity contribution >= 4 is 23.1 Å². The van der Waals surface area contributed by atoms with E-state index in [4.69, 9.17) is 0 Å². The van der Waals surface area contributed by atoms with Gasteiger partial charge in [0.15, 0.2) is 0 Å². The van der Waals surface area contributed by atoms with Crippen molar-refractivity contribution in [2.75, 3.05) is 0 Å². The molecule has 2 rings (SSSR count). The molecule has 2 aromatic heterocycles. The first kappa shape index (κ1) is 11.5. The van der Waals surface area contributed by atoms with E-state index in [0.29, 0.717) is 5.69 Å². The SMILES string of the molecule is FC(F)(F)Sc1ccc(-c2ccsc2)nc1. The molecule has 0 fully saturated rings. The first-order chi connectivity index (χ1) is 7.54. The summed E-state index contributed by atoms with van der Waals surface area (Å²) in [6.45, 7) is 0. The molecule has 2 heterocycles. The van der Waals surface area contributed by atoms with Crippen LogP contribution in [0.25, 0.3) is 11.3 Å². The lowest BCUT2D eigenvalue weighted by Gasteiger charge is -2.05. The van der Waals surface area contributed by atoms with Gasteiger partial charge >= 0.3 is 5.51 Å². The van der Waals surface area contributed by atoms with E-state index in [0.717, 1.165) is 5.56 Å². The molecule has 0 aliphatic heterocycles. The summed E-state index contributed by atoms with van der Waals surface area (Å²) in [5.74, 6) is 0. The van der Waals surface area contributed by atoms with Crippen molar-refractivity contribution in [2.24, 2.45) is 0 Å². The van der Waals surface area contributed by atoms with E-state index in [1.165, 1.54) is 23.6 Å². The van der Waals surface area contributed by atoms with Crippen LogP contribution in [0.5, 0.6) is 0 Å². The van der Waals surface area contributed by atoms with Gasteiger partial charge < -0.3 is 0 Å². The van der Waals surface area contributed by atoms with Gasteiger partial charge in [-0.2, -0.15) is 24.5 Å². The molecule has 16 heavy (non-hydrogen) atoms. The molecular weight excluding hydrogens is 255 g/mol. The second kappa shape index (κ2) is 4.47. The predicted octanol–water partition coefficient (Wildman–Crippen LogP) is 4.42. The summed E-state index contributed by atoms with van der Waals surface area (Å²) < 4.78 is 36.2. The lowest BCUT2D eigenvalue weighted by molar-refractivity contribution is -0.0328. The van der Waals surface area contributed by atoms with Gasteiger partial charge in [-0.3, -0.25) is 4.98 Å². The molecule has 0 amide bonds. The first-order valence-electron chi connectivity index (χ1n) is 4.29. The third-order valence-electron chi connectivity index (χ3n) is 1.79. The maximum Gasteiger partial charge on any atom is 0.446 e. The summed E-state index contributed by atoms with van der Waals surface area (Å²) in [5, 5.41) is 3.80. The summed E-state index contributed by atoms with van der Waals surface area (Å²) in [5.41, 5.74) is -2.65. The van der Waals surface area contributed by atoms with Crippen LogP contribution in [0.1, 0.15) is 0 Å². The number of halogens is 3. The lowest BCUT2D eigenvalue weighted by Crippen LogP contribution is -1.99. The minimum Gasteiger partial charge on any atom is -0.255 e. The molecule has 0 saturated carbocycles. The Morgan fingerprint density at radius 2 is 2.00 bits per heavy atom. The van der Waals surface area contributed by atoms with Crippen molar-refractivity contribution < 1.29 is 13.2 Å². The second-order valence-electron chi connectivity index (χ2n) is 2.94. The van der Waals surface area contributed by atoms with Crippen LogP contribution in [-0.4, -0.2) is 10.5 Å². The van der Waals surface area contributed by atoms with Crippen LogP contribution in [0.2, 0.25) is 0 Å². The van der Waals surface area contributed by atoms with Gasteiger partial charge in [-0.1, -0.05) is 0 Å². The van der Waals surface area contributed by atoms with Crippen molar-refractivity contribution in [3.8, 4) is 11.3 Å². The number of aromatic nitrogens is 1. The van der Waals surface area contributed by atoms with Crippen molar-refractivity contribution in [3.63, 3.8) is 0 Å². The monoisotopic (exact) mass is 261 g/mol. The quantitative estimate of drug-likeness (QED) is 0.742. The van der Waals surface area contributed by atoms with Crippen LogP contribution in [0.15, 0.2) is 40.1 Å². The standard InChI is InChI=1S/C10H6F3NS2/c11-10(12,13)16-8-1-2-9(14-5-8)7-3-4-15-6-7/h1-6H. The van der Waals surface area contributed by atoms with Gasteiger partial charge in [0.2, 0.25) is 0 Å². The van der Waals surface area contributed by atoms with Gasteiger partial charge in [0, 0.05) is 22.0 Å². The molecule has 1 nitrogen and oxygen atoms in total. The highest BCUT2D eigenvalue weighted by molar-refractivity contribution is 8.00. The number of hydrogen-bond donors (Lipinski definition) is 0. The normalized spacial score (nSPS) is 11.7. The molecule has 0 bridgehead atoms. The topological polar surface area (TPSA) is 12.9 Å². The highest BCUT2D eigenvalue weighted by atomic mass is 32.2. The van der Waals surface area contributed by atoms with Crippen LogP contribution < -0.4 is 0 Å². The van der Waals surface area contributed by atoms with E-state index in [1.54, 1.807) is 6.07 Å². The fourth-order valence-corrected chi connectivity index (χ4v) is 2.31. The number of hydrogen-bond acceptors (Lipinski definition) is 3. The van der Waals surface area contributed by atoms with E-state index < -0.39 is 5.51 Å². The Morgan fingerprint density at radius 3 is 2.50 bits per heavy atom. The van der Waals surface area contributed by atoms with Crippen LogP contribution >= 0.6 is 23.1 Å². The summed E-state index contributed by atoms with van der Waals surface area (Å²) in [6.07, 6.45) is 1.24. The van der Waals surface area contributed by atoms with E-state index in [-0.39, 0.29) is 16.7 Å². The Labute approximate surface area is 98.3 Å². The van der Waals surface area contributed by atoms with E-state index in [2.05, 4.69) is 4.98 Å². The molecule has 0 aliphatic carbocycles. The van der Waals surface area contributed by atoms with E-state index >= 15 is 0 Å². The summed E-state index contributed by atoms with van der Waals surface area (Å²) >= 11 is 1.37. The molecule has 0 saturated heterocycles. The van der Waals surface area contributed by atoms with Crippen molar-refractivity contribution in [3.05, 3.63) is 35.2 Å². The molecule has 2 aromatic rings. The zero-order valence-corrected chi connectivity index (χ0v) is 9.49. The van der Waals surface area contributed by atoms with Crippen LogP contribution in [0.3, 0.4) is 0 Å². The molecule has 0 radical (unpaired) electrons. The fraction of sp³-hybridized carbons (Fsp3) is 0.100. The Morgan fingerprint density at radius 1 is 1.19 bits per heavy atom. The molecule has 0 unspecified atom stereocenters. The Bertz CT molecular complexity index is 448. The van der Waals surface area contributed by atoms with E-state index in [9.17, 15) is 13.2 Å². The minimum atomic E-state index is -4.26. The molecule has 0 aromatic carbocycles. The summed E-state index contributed by atoms with van der Waals surface area (Å²) in [4.78, 5) is 4.09. The molecule has 0 N–H and O–H groups in total. The van der Waals surface area contributed by atoms with Crippen LogP contribution in [0.4, 0.5) is 13.2 Å². The largest absolute Gasteiger partial charge is 0.446 e. The summed E-state index contributed by atoms with van der Waals surface area (Å²) in [6, 6.07) is 4.90. The number of thiophene rings is 1. The average Bonchev–Trinajstić information content (AvgIpc) is 2.69. The highest BCUT2D eigenvalue weighted by Gasteiger charge is 2.29. The second-order valence-corrected chi connectivity index (χ2v) is 4.86. The van der Waals surface area contributed by atoms with Crippen molar-refractivity contribution in [2.45, 2.75) is 10.4 Å². The third-order valence-corrected chi connectivity index (χ3v) is 3.18. The molecule has 6 heteroatoms. The molecule has 0 aliphatic rings. The van der Waals surface area contributed by atoms with Gasteiger partial charge in [0.1, 0.15) is 0 Å². The van der Waals surface area contributed by atoms with Crippen molar-refractivity contribution in [1.29, 1.82) is 0 Å². The Hall–Kier alpha value is -1.01. The molecule has 0 spiro atoms. The van der Waals surface area contributed by atoms with Gasteiger partial charge in [0.05, 0.1) is 5.69 Å². The highest BCUT2D eigenvalue weighted by Crippen LogP contribution is 2.36. The zero-order chi connectivity index (χ0) is 11.6. The maximum atomic E-state index is 12.1. The van der Waals surface area contributed by atoms with Gasteiger partial charge in [-0.25, -0.2) is 0 Å². The number of thioether (sulfide) groups is 1. The van der Waals surface area contributed by atoms with Gasteiger partial charge in [-0.05, 0) is 35.3 Å². The minimum absolute atomic E-state index is 0.103. The Balaban J connectivity index is 2.17. The lowest BCUT2D eigenvalue weighted by atomic mass is 10.2. The van der Waals surface area contributed by atoms with Crippen molar-refractivity contribution in [1.82, 2.24) is 4.98 Å². The van der Waals surface area contributed by atoms with Crippen LogP contribution in [-0.2, 0) is 0 Å². The van der Waals surface area contributed by atoms with Gasteiger partial charge in [-0.15, -0.1) is 0 Å². The predicted molar refractivity (Wildman–Crippen MR) is 59.5 cm³/mol. The fourth-order valence-electron chi connectivity index (χ4n) is 1.16. The number of alkyl halides is 3. The summed E-state index contributed by atoms with van der Waals surface area (Å²) in [7, 11) is 0. The third kappa shape index (κ3) is 2.99. The zero-order valence-electron chi connectivity index (χ0n) is 7.86.